The molecule has 7 nitrogen and oxygen atoms in total. The van der Waals surface area contributed by atoms with Crippen LogP contribution in [-0.4, -0.2) is 43.0 Å². The Morgan fingerprint density at radius 3 is 2.32 bits per heavy atom. The van der Waals surface area contributed by atoms with Crippen LogP contribution in [0, 0.1) is 0 Å². The van der Waals surface area contributed by atoms with E-state index in [1.54, 1.807) is 0 Å². The van der Waals surface area contributed by atoms with Gasteiger partial charge in [-0.1, -0.05) is 0 Å². The zero-order valence-corrected chi connectivity index (χ0v) is 13.7. The van der Waals surface area contributed by atoms with Crippen molar-refractivity contribution in [3.8, 4) is 5.75 Å². The van der Waals surface area contributed by atoms with E-state index in [0.29, 0.717) is 0 Å². The predicted molar refractivity (Wildman–Crippen MR) is 82.1 cm³/mol. The van der Waals surface area contributed by atoms with Crippen LogP contribution < -0.4 is 10.1 Å². The average molecular weight is 329 g/mol. The third-order valence-electron chi connectivity index (χ3n) is 2.97. The number of aromatic carboxylic acids is 1. The van der Waals surface area contributed by atoms with Gasteiger partial charge in [-0.3, -0.25) is 4.79 Å². The van der Waals surface area contributed by atoms with Crippen molar-refractivity contribution in [1.82, 2.24) is 0 Å². The van der Waals surface area contributed by atoms with Gasteiger partial charge in [0, 0.05) is 11.8 Å². The predicted octanol–water partition coefficient (Wildman–Crippen LogP) is 1.55. The molecular formula is C14H19NO6S. The molecule has 0 aromatic heterocycles. The summed E-state index contributed by atoms with van der Waals surface area (Å²) in [6.07, 6.45) is 0. The van der Waals surface area contributed by atoms with E-state index < -0.39 is 32.2 Å². The molecule has 0 saturated carbocycles. The van der Waals surface area contributed by atoms with Crippen LogP contribution in [-0.2, 0) is 14.6 Å². The van der Waals surface area contributed by atoms with Crippen LogP contribution >= 0.6 is 0 Å². The molecule has 0 fully saturated rings. The van der Waals surface area contributed by atoms with E-state index in [2.05, 4.69) is 5.32 Å². The monoisotopic (exact) mass is 329 g/mol. The number of methoxy groups -OCH3 is 1. The van der Waals surface area contributed by atoms with Crippen LogP contribution in [0.5, 0.6) is 5.75 Å². The van der Waals surface area contributed by atoms with Crippen LogP contribution in [0.1, 0.15) is 31.1 Å². The lowest BCUT2D eigenvalue weighted by Gasteiger charge is -2.18. The highest BCUT2D eigenvalue weighted by molar-refractivity contribution is 7.93. The maximum absolute atomic E-state index is 12.0. The number of rotatable bonds is 5. The smallest absolute Gasteiger partial charge is 0.339 e. The number of sulfone groups is 1. The molecule has 0 radical (unpaired) electrons. The van der Waals surface area contributed by atoms with Crippen molar-refractivity contribution in [2.45, 2.75) is 25.5 Å². The van der Waals surface area contributed by atoms with E-state index in [4.69, 9.17) is 9.84 Å². The van der Waals surface area contributed by atoms with Crippen LogP contribution in [0.4, 0.5) is 5.69 Å². The molecule has 0 aliphatic heterocycles. The van der Waals surface area contributed by atoms with Crippen molar-refractivity contribution in [1.29, 1.82) is 0 Å². The lowest BCUT2D eigenvalue weighted by atomic mass is 10.2. The van der Waals surface area contributed by atoms with Gasteiger partial charge in [-0.05, 0) is 32.9 Å². The highest BCUT2D eigenvalue weighted by atomic mass is 32.2. The number of anilines is 1. The van der Waals surface area contributed by atoms with Gasteiger partial charge in [-0.25, -0.2) is 13.2 Å². The van der Waals surface area contributed by atoms with Crippen molar-refractivity contribution in [2.75, 3.05) is 18.2 Å². The summed E-state index contributed by atoms with van der Waals surface area (Å²) in [5.41, 5.74) is 0.207. The Morgan fingerprint density at radius 1 is 1.27 bits per heavy atom. The van der Waals surface area contributed by atoms with Gasteiger partial charge in [-0.2, -0.15) is 0 Å². The SMILES string of the molecule is COc1cc(NC(=O)CS(=O)(=O)C(C)(C)C)ccc1C(=O)O. The highest BCUT2D eigenvalue weighted by Crippen LogP contribution is 2.23. The average Bonchev–Trinajstić information content (AvgIpc) is 2.35. The number of amides is 1. The van der Waals surface area contributed by atoms with Crippen LogP contribution in [0.2, 0.25) is 0 Å². The standard InChI is InChI=1S/C14H19NO6S/c1-14(2,3)22(19,20)8-12(16)15-9-5-6-10(13(17)18)11(7-9)21-4/h5-7H,8H2,1-4H3,(H,15,16)(H,17,18). The second kappa shape index (κ2) is 6.35. The van der Waals surface area contributed by atoms with Crippen LogP contribution in [0.25, 0.3) is 0 Å². The number of carbonyl (C=O) groups is 2. The summed E-state index contributed by atoms with van der Waals surface area (Å²) in [6, 6.07) is 3.97. The molecule has 0 atom stereocenters. The van der Waals surface area contributed by atoms with Gasteiger partial charge in [0.05, 0.1) is 11.9 Å². The van der Waals surface area contributed by atoms with Crippen molar-refractivity contribution in [3.63, 3.8) is 0 Å². The molecule has 1 aromatic carbocycles. The van der Waals surface area contributed by atoms with Crippen molar-refractivity contribution < 1.29 is 27.9 Å². The Kier molecular flexibility index (Phi) is 5.18. The van der Waals surface area contributed by atoms with Crippen molar-refractivity contribution in [2.24, 2.45) is 0 Å². The Hall–Kier alpha value is -2.09. The van der Waals surface area contributed by atoms with Crippen molar-refractivity contribution >= 4 is 27.4 Å². The molecule has 2 N–H and O–H groups in total. The Labute approximate surface area is 129 Å². The topological polar surface area (TPSA) is 110 Å². The molecule has 0 aliphatic rings. The minimum absolute atomic E-state index is 0.0530. The molecule has 1 amide bonds. The number of ether oxygens (including phenoxy) is 1. The fraction of sp³-hybridized carbons (Fsp3) is 0.429. The minimum Gasteiger partial charge on any atom is -0.496 e. The van der Waals surface area contributed by atoms with Gasteiger partial charge < -0.3 is 15.2 Å². The molecule has 22 heavy (non-hydrogen) atoms. The molecular weight excluding hydrogens is 310 g/mol. The van der Waals surface area contributed by atoms with Crippen LogP contribution in [0.3, 0.4) is 0 Å². The number of benzene rings is 1. The number of nitrogens with one attached hydrogen (secondary N) is 1. The van der Waals surface area contributed by atoms with Gasteiger partial charge in [0.15, 0.2) is 9.84 Å². The van der Waals surface area contributed by atoms with Gasteiger partial charge in [0.25, 0.3) is 0 Å². The van der Waals surface area contributed by atoms with Crippen LogP contribution in [0.15, 0.2) is 18.2 Å². The summed E-state index contributed by atoms with van der Waals surface area (Å²) in [4.78, 5) is 22.8. The first-order valence-corrected chi connectivity index (χ1v) is 8.06. The van der Waals surface area contributed by atoms with E-state index >= 15 is 0 Å². The second-order valence-electron chi connectivity index (χ2n) is 5.64. The number of carboxylic acid groups (broad SMARTS) is 1. The molecule has 0 aliphatic carbocycles. The summed E-state index contributed by atoms with van der Waals surface area (Å²) in [6.45, 7) is 4.54. The largest absolute Gasteiger partial charge is 0.496 e. The van der Waals surface area contributed by atoms with E-state index in [-0.39, 0.29) is 17.0 Å². The number of hydrogen-bond donors (Lipinski definition) is 2. The highest BCUT2D eigenvalue weighted by Gasteiger charge is 2.31. The Balaban J connectivity index is 2.93. The lowest BCUT2D eigenvalue weighted by Crippen LogP contribution is -2.35. The molecule has 0 unspecified atom stereocenters. The van der Waals surface area contributed by atoms with Gasteiger partial charge in [0.2, 0.25) is 5.91 Å². The maximum atomic E-state index is 12.0. The molecule has 0 spiro atoms. The lowest BCUT2D eigenvalue weighted by molar-refractivity contribution is -0.113. The minimum atomic E-state index is -3.59. The first-order chi connectivity index (χ1) is 9.98. The molecule has 0 heterocycles. The fourth-order valence-electron chi connectivity index (χ4n) is 1.53. The fourth-order valence-corrected chi connectivity index (χ4v) is 2.38. The van der Waals surface area contributed by atoms with Gasteiger partial charge in [-0.15, -0.1) is 0 Å². The Bertz CT molecular complexity index is 688. The summed E-state index contributed by atoms with van der Waals surface area (Å²) < 4.78 is 27.8. The molecule has 0 saturated heterocycles. The number of carbonyl (C=O) groups excluding carboxylic acids is 1. The molecule has 0 bridgehead atoms. The quantitative estimate of drug-likeness (QED) is 0.848. The first-order valence-electron chi connectivity index (χ1n) is 6.41. The third kappa shape index (κ3) is 4.20. The summed E-state index contributed by atoms with van der Waals surface area (Å²) >= 11 is 0. The molecule has 1 aromatic rings. The van der Waals surface area contributed by atoms with Crippen molar-refractivity contribution in [3.05, 3.63) is 23.8 Å². The van der Waals surface area contributed by atoms with E-state index in [0.717, 1.165) is 0 Å². The molecule has 1 rings (SSSR count). The van der Waals surface area contributed by atoms with Gasteiger partial charge in [0.1, 0.15) is 17.1 Å². The zero-order chi connectivity index (χ0) is 17.1. The summed E-state index contributed by atoms with van der Waals surface area (Å²) in [5.74, 6) is -2.44. The number of hydrogen-bond acceptors (Lipinski definition) is 5. The second-order valence-corrected chi connectivity index (χ2v) is 8.38. The molecule has 8 heteroatoms. The number of carboxylic acids is 1. The molecule has 122 valence electrons. The zero-order valence-electron chi connectivity index (χ0n) is 12.8. The summed E-state index contributed by atoms with van der Waals surface area (Å²) in [7, 11) is -2.29. The van der Waals surface area contributed by atoms with E-state index in [1.165, 1.54) is 46.1 Å². The van der Waals surface area contributed by atoms with Gasteiger partial charge >= 0.3 is 5.97 Å². The summed E-state index contributed by atoms with van der Waals surface area (Å²) in [5, 5.41) is 11.4. The maximum Gasteiger partial charge on any atom is 0.339 e. The normalized spacial score (nSPS) is 11.8. The Morgan fingerprint density at radius 2 is 1.86 bits per heavy atom. The van der Waals surface area contributed by atoms with E-state index in [9.17, 15) is 18.0 Å². The first kappa shape index (κ1) is 18.0. The van der Waals surface area contributed by atoms with E-state index in [1.807, 2.05) is 0 Å². The third-order valence-corrected chi connectivity index (χ3v) is 5.48.